The fraction of sp³-hybridized carbons (Fsp3) is 0.370. The first-order valence-corrected chi connectivity index (χ1v) is 14.6. The number of ether oxygens (including phenoxy) is 3. The van der Waals surface area contributed by atoms with E-state index in [1.807, 2.05) is 0 Å². The molecular weight excluding hydrogens is 781 g/mol. The zero-order chi connectivity index (χ0) is 30.7. The molecule has 1 N–H and O–H groups in total. The van der Waals surface area contributed by atoms with Crippen molar-refractivity contribution in [3.63, 3.8) is 0 Å². The second kappa shape index (κ2) is 11.2. The molecule has 0 radical (unpaired) electrons. The molecule has 1 atom stereocenters. The maximum absolute atomic E-state index is 15.1. The zero-order valence-corrected chi connectivity index (χ0v) is 27.2. The fourth-order valence-electron chi connectivity index (χ4n) is 4.72. The predicted octanol–water partition coefficient (Wildman–Crippen LogP) is 4.70. The number of aliphatic hydroxyl groups excluding tert-OH is 1. The third-order valence-corrected chi connectivity index (χ3v) is 8.53. The van der Waals surface area contributed by atoms with Crippen LogP contribution in [0, 0.1) is 12.7 Å². The minimum atomic E-state index is -1.58. The lowest BCUT2D eigenvalue weighted by molar-refractivity contribution is -0.157. The molecule has 12 nitrogen and oxygen atoms in total. The maximum atomic E-state index is 15.1. The Labute approximate surface area is 266 Å². The van der Waals surface area contributed by atoms with Crippen molar-refractivity contribution in [1.82, 2.24) is 15.8 Å². The van der Waals surface area contributed by atoms with Crippen LogP contribution in [0.5, 0.6) is 5.75 Å². The minimum Gasteiger partial charge on any atom is -0.458 e. The molecule has 5 rings (SSSR count). The van der Waals surface area contributed by atoms with Crippen LogP contribution >= 0.6 is 45.7 Å². The first kappa shape index (κ1) is 30.4. The number of nitrogens with zero attached hydrogens (tertiary/aromatic N) is 4. The van der Waals surface area contributed by atoms with Gasteiger partial charge in [0.1, 0.15) is 12.2 Å². The molecule has 1 aromatic carbocycles. The highest BCUT2D eigenvalue weighted by Crippen LogP contribution is 2.38. The summed E-state index contributed by atoms with van der Waals surface area (Å²) in [6.45, 7) is 7.20. The number of hydrogen-bond acceptors (Lipinski definition) is 9. The van der Waals surface area contributed by atoms with Crippen LogP contribution in [-0.4, -0.2) is 57.7 Å². The lowest BCUT2D eigenvalue weighted by atomic mass is 9.99. The Balaban J connectivity index is 1.38. The van der Waals surface area contributed by atoms with E-state index in [-0.39, 0.29) is 48.6 Å². The van der Waals surface area contributed by atoms with E-state index in [4.69, 9.17) is 14.2 Å². The highest BCUT2D eigenvalue weighted by molar-refractivity contribution is 14.1. The fourth-order valence-corrected chi connectivity index (χ4v) is 5.35. The van der Waals surface area contributed by atoms with Crippen LogP contribution in [0.3, 0.4) is 0 Å². The minimum absolute atomic E-state index is 0.0905. The smallest absolute Gasteiger partial charge is 0.424 e. The number of fused-ring (bicyclic) bond motifs is 5. The lowest BCUT2D eigenvalue weighted by Crippen LogP contribution is -2.36. The molecule has 0 spiro atoms. The summed E-state index contributed by atoms with van der Waals surface area (Å²) in [6, 6.07) is 4.07. The van der Waals surface area contributed by atoms with E-state index in [9.17, 15) is 24.3 Å². The highest BCUT2D eigenvalue weighted by Gasteiger charge is 2.34. The van der Waals surface area contributed by atoms with Crippen LogP contribution < -0.4 is 10.3 Å². The number of halogens is 3. The molecule has 0 saturated heterocycles. The van der Waals surface area contributed by atoms with Crippen molar-refractivity contribution >= 4 is 74.8 Å². The summed E-state index contributed by atoms with van der Waals surface area (Å²) >= 11 is 3.51. The molecule has 2 aliphatic heterocycles. The molecule has 0 unspecified atom stereocenters. The molecule has 42 heavy (non-hydrogen) atoms. The molecule has 0 saturated carbocycles. The molecule has 2 aliphatic rings. The van der Waals surface area contributed by atoms with Crippen molar-refractivity contribution < 1.29 is 38.1 Å². The highest BCUT2D eigenvalue weighted by atomic mass is 127. The van der Waals surface area contributed by atoms with Crippen LogP contribution in [0.25, 0.3) is 22.3 Å². The number of carbonyl (C=O) groups excluding carboxylic acids is 3. The topological polar surface area (TPSA) is 140 Å². The summed E-state index contributed by atoms with van der Waals surface area (Å²) in [6.07, 6.45) is -2.98. The van der Waals surface area contributed by atoms with Gasteiger partial charge in [0.25, 0.3) is 5.56 Å². The summed E-state index contributed by atoms with van der Waals surface area (Å²) < 4.78 is 34.6. The molecule has 2 amide bonds. The Bertz CT molecular complexity index is 1720. The molecule has 3 aromatic rings. The van der Waals surface area contributed by atoms with E-state index < -0.39 is 41.2 Å². The Morgan fingerprint density at radius 3 is 2.48 bits per heavy atom. The Morgan fingerprint density at radius 2 is 1.81 bits per heavy atom. The summed E-state index contributed by atoms with van der Waals surface area (Å²) in [5, 5.41) is 10.8. The molecule has 0 aliphatic carbocycles. The van der Waals surface area contributed by atoms with Gasteiger partial charge in [-0.15, -0.1) is 0 Å². The number of benzene rings is 1. The molecule has 222 valence electrons. The van der Waals surface area contributed by atoms with Gasteiger partial charge in [-0.3, -0.25) is 4.79 Å². The largest absolute Gasteiger partial charge is 0.458 e. The third kappa shape index (κ3) is 5.64. The van der Waals surface area contributed by atoms with E-state index in [0.717, 1.165) is 6.07 Å². The van der Waals surface area contributed by atoms with Crippen LogP contribution in [0.2, 0.25) is 0 Å². The van der Waals surface area contributed by atoms with Gasteiger partial charge in [-0.05, 0) is 45.4 Å². The van der Waals surface area contributed by atoms with Gasteiger partial charge in [0.2, 0.25) is 0 Å². The number of aliphatic hydroxyl groups is 1. The monoisotopic (exact) mass is 806 g/mol. The summed E-state index contributed by atoms with van der Waals surface area (Å²) in [4.78, 5) is 54.6. The van der Waals surface area contributed by atoms with Crippen molar-refractivity contribution in [2.24, 2.45) is 0 Å². The van der Waals surface area contributed by atoms with Crippen LogP contribution in [0.15, 0.2) is 23.0 Å². The van der Waals surface area contributed by atoms with Crippen LogP contribution in [-0.2, 0) is 27.4 Å². The number of amides is 2. The summed E-state index contributed by atoms with van der Waals surface area (Å²) in [5.74, 6) is -1.97. The average molecular weight is 806 g/mol. The number of hydrogen-bond donors (Lipinski definition) is 1. The molecule has 0 fully saturated rings. The van der Waals surface area contributed by atoms with Crippen molar-refractivity contribution in [2.45, 2.75) is 52.6 Å². The number of carbonyl (C=O) groups is 3. The molecular formula is C27H25FI2N4O8. The second-order valence-corrected chi connectivity index (χ2v) is 13.1. The van der Waals surface area contributed by atoms with E-state index >= 15 is 4.39 Å². The van der Waals surface area contributed by atoms with Gasteiger partial charge in [-0.1, -0.05) is 0 Å². The molecule has 0 bridgehead atoms. The molecule has 2 aromatic heterocycles. The van der Waals surface area contributed by atoms with Crippen molar-refractivity contribution in [3.8, 4) is 17.1 Å². The zero-order valence-electron chi connectivity index (χ0n) is 22.9. The lowest BCUT2D eigenvalue weighted by Gasteiger charge is -2.24. The van der Waals surface area contributed by atoms with E-state index in [1.54, 1.807) is 79.5 Å². The Morgan fingerprint density at radius 1 is 1.14 bits per heavy atom. The number of cyclic esters (lactones) is 1. The average Bonchev–Trinajstić information content (AvgIpc) is 3.28. The number of aryl methyl sites for hydroxylation is 1. The second-order valence-electron chi connectivity index (χ2n) is 10.7. The number of esters is 1. The summed E-state index contributed by atoms with van der Waals surface area (Å²) in [7, 11) is 0. The van der Waals surface area contributed by atoms with Gasteiger partial charge >= 0.3 is 18.2 Å². The van der Waals surface area contributed by atoms with Crippen LogP contribution in [0.4, 0.5) is 14.0 Å². The van der Waals surface area contributed by atoms with Gasteiger partial charge in [-0.25, -0.2) is 30.0 Å². The Hall–Kier alpha value is -3.06. The maximum Gasteiger partial charge on any atom is 0.424 e. The predicted molar refractivity (Wildman–Crippen MR) is 164 cm³/mol. The summed E-state index contributed by atoms with van der Waals surface area (Å²) in [5.41, 5.74) is 1.80. The van der Waals surface area contributed by atoms with E-state index in [1.165, 1.54) is 16.9 Å². The Kier molecular flexibility index (Phi) is 8.12. The van der Waals surface area contributed by atoms with Crippen molar-refractivity contribution in [2.75, 3.05) is 13.1 Å². The van der Waals surface area contributed by atoms with Crippen molar-refractivity contribution in [3.05, 3.63) is 56.6 Å². The van der Waals surface area contributed by atoms with Crippen molar-refractivity contribution in [1.29, 1.82) is 0 Å². The van der Waals surface area contributed by atoms with Gasteiger partial charge in [-0.2, -0.15) is 0 Å². The first-order valence-electron chi connectivity index (χ1n) is 12.7. The van der Waals surface area contributed by atoms with Gasteiger partial charge in [0.05, 0.1) is 87.8 Å². The van der Waals surface area contributed by atoms with Gasteiger partial charge in [0, 0.05) is 22.6 Å². The standard InChI is InChI=1S/C27H25FI2N4O8/c1-12-13-8-20(41-25(38)33(29)5-6-34(30)26(39)42-27(2,3)4)17(28)9-18(13)31-21-15(12)10-32-19(21)7-14-16(23(32)36)11-40-24(37)22(14)35/h7-9,22,35H,5-6,10-11H2,1-4H3/t22-/m0/s1. The molecule has 15 heteroatoms. The third-order valence-electron chi connectivity index (χ3n) is 6.77. The van der Waals surface area contributed by atoms with Gasteiger partial charge < -0.3 is 23.9 Å². The van der Waals surface area contributed by atoms with E-state index in [0.29, 0.717) is 27.9 Å². The SMILES string of the molecule is Cc1c2c(nc3cc(F)c(OC(=O)N(I)CCN(I)C(=O)OC(C)(C)C)cc13)-c1cc3c(c(=O)n1C2)COC(=O)[C@H]3O. The number of rotatable bonds is 4. The number of aromatic nitrogens is 2. The normalized spacial score (nSPS) is 15.4. The number of pyridine rings is 2. The van der Waals surface area contributed by atoms with Gasteiger partial charge in [0.15, 0.2) is 17.7 Å². The van der Waals surface area contributed by atoms with Crippen LogP contribution in [0.1, 0.15) is 49.1 Å². The molecule has 4 heterocycles. The first-order chi connectivity index (χ1) is 19.7. The van der Waals surface area contributed by atoms with E-state index in [2.05, 4.69) is 4.98 Å². The quantitative estimate of drug-likeness (QED) is 0.177.